The summed E-state index contributed by atoms with van der Waals surface area (Å²) in [5, 5.41) is 0. The minimum Gasteiger partial charge on any atom is -0.725 e. The van der Waals surface area contributed by atoms with Crippen LogP contribution in [0.15, 0.2) is 0 Å². The summed E-state index contributed by atoms with van der Waals surface area (Å²) in [5.41, 5.74) is 0. The molecule has 0 saturated heterocycles. The van der Waals surface area contributed by atoms with Crippen molar-refractivity contribution in [2.75, 3.05) is 6.61 Å². The van der Waals surface area contributed by atoms with Crippen LogP contribution in [0.3, 0.4) is 0 Å². The van der Waals surface area contributed by atoms with E-state index in [1.165, 1.54) is 6.92 Å². The molecule has 0 spiro atoms. The predicted molar refractivity (Wildman–Crippen MR) is 36.5 cm³/mol. The van der Waals surface area contributed by atoms with Crippen LogP contribution in [-0.4, -0.2) is 25.9 Å². The van der Waals surface area contributed by atoms with Gasteiger partial charge in [0.2, 0.25) is 10.4 Å². The zero-order valence-corrected chi connectivity index (χ0v) is 8.26. The molecule has 0 aromatic rings. The monoisotopic (exact) mass is 190 g/mol. The third kappa shape index (κ3) is 10.4. The molecule has 1 unspecified atom stereocenters. The fraction of sp³-hybridized carbons (Fsp3) is 1.00. The van der Waals surface area contributed by atoms with E-state index in [1.807, 2.05) is 6.92 Å². The van der Waals surface area contributed by atoms with Crippen molar-refractivity contribution in [3.8, 4) is 0 Å². The van der Waals surface area contributed by atoms with E-state index >= 15 is 0 Å². The molecule has 0 aliphatic heterocycles. The van der Waals surface area contributed by atoms with Gasteiger partial charge in [-0.15, -0.1) is 0 Å². The first-order valence-corrected chi connectivity index (χ1v) is 4.54. The first kappa shape index (κ1) is 14.9. The van der Waals surface area contributed by atoms with Crippen LogP contribution in [0.1, 0.15) is 20.3 Å². The standard InChI is InChI=1S/C5H12O5S.Li/c1-3-4-9-5(2)10-11(6,7)8;/h5H,3-4H2,1-2H3,(H,6,7,8);/q;+1/p-1. The number of hydrogen-bond acceptors (Lipinski definition) is 5. The topological polar surface area (TPSA) is 75.7 Å². The zero-order valence-electron chi connectivity index (χ0n) is 7.44. The quantitative estimate of drug-likeness (QED) is 0.203. The summed E-state index contributed by atoms with van der Waals surface area (Å²) < 4.78 is 38.5. The molecule has 12 heavy (non-hydrogen) atoms. The first-order chi connectivity index (χ1) is 4.95. The van der Waals surface area contributed by atoms with Crippen molar-refractivity contribution in [1.29, 1.82) is 0 Å². The van der Waals surface area contributed by atoms with Gasteiger partial charge in [0, 0.05) is 6.61 Å². The van der Waals surface area contributed by atoms with Crippen LogP contribution in [0.2, 0.25) is 0 Å². The average molecular weight is 190 g/mol. The van der Waals surface area contributed by atoms with Crippen molar-refractivity contribution >= 4 is 10.4 Å². The van der Waals surface area contributed by atoms with Gasteiger partial charge in [0.25, 0.3) is 0 Å². The van der Waals surface area contributed by atoms with Crippen molar-refractivity contribution in [1.82, 2.24) is 0 Å². The second kappa shape index (κ2) is 6.89. The Labute approximate surface area is 84.6 Å². The van der Waals surface area contributed by atoms with Crippen molar-refractivity contribution in [2.45, 2.75) is 26.6 Å². The Bertz CT molecular complexity index is 190. The zero-order chi connectivity index (χ0) is 8.91. The van der Waals surface area contributed by atoms with Gasteiger partial charge in [-0.2, -0.15) is 0 Å². The van der Waals surface area contributed by atoms with Crippen LogP contribution in [0.25, 0.3) is 0 Å². The summed E-state index contributed by atoms with van der Waals surface area (Å²) in [4.78, 5) is 0. The van der Waals surface area contributed by atoms with Gasteiger partial charge in [-0.05, 0) is 13.3 Å². The molecule has 0 N–H and O–H groups in total. The van der Waals surface area contributed by atoms with Gasteiger partial charge < -0.3 is 9.29 Å². The molecule has 0 aliphatic carbocycles. The molecule has 0 fully saturated rings. The Balaban J connectivity index is 0. The van der Waals surface area contributed by atoms with Gasteiger partial charge >= 0.3 is 18.9 Å². The third-order valence-electron chi connectivity index (χ3n) is 0.810. The number of hydrogen-bond donors (Lipinski definition) is 0. The molecule has 0 amide bonds. The fourth-order valence-corrected chi connectivity index (χ4v) is 0.865. The molecule has 0 aliphatic rings. The Morgan fingerprint density at radius 3 is 2.33 bits per heavy atom. The fourth-order valence-electron chi connectivity index (χ4n) is 0.478. The third-order valence-corrected chi connectivity index (χ3v) is 1.32. The van der Waals surface area contributed by atoms with Crippen molar-refractivity contribution in [3.63, 3.8) is 0 Å². The van der Waals surface area contributed by atoms with Crippen molar-refractivity contribution in [3.05, 3.63) is 0 Å². The van der Waals surface area contributed by atoms with Crippen LogP contribution >= 0.6 is 0 Å². The maximum atomic E-state index is 9.95. The Hall–Kier alpha value is 0.427. The van der Waals surface area contributed by atoms with Gasteiger partial charge in [-0.1, -0.05) is 6.92 Å². The van der Waals surface area contributed by atoms with Gasteiger partial charge in [0.15, 0.2) is 6.29 Å². The van der Waals surface area contributed by atoms with Crippen molar-refractivity contribution in [2.24, 2.45) is 0 Å². The van der Waals surface area contributed by atoms with Gasteiger partial charge in [-0.25, -0.2) is 12.6 Å². The summed E-state index contributed by atoms with van der Waals surface area (Å²) >= 11 is 0. The largest absolute Gasteiger partial charge is 1.00 e. The van der Waals surface area contributed by atoms with Crippen LogP contribution < -0.4 is 18.9 Å². The molecule has 0 aromatic carbocycles. The Morgan fingerprint density at radius 2 is 2.00 bits per heavy atom. The Kier molecular flexibility index (Phi) is 8.57. The van der Waals surface area contributed by atoms with Crippen LogP contribution in [0.4, 0.5) is 0 Å². The molecular weight excluding hydrogens is 179 g/mol. The van der Waals surface area contributed by atoms with Crippen LogP contribution in [-0.2, 0) is 19.3 Å². The summed E-state index contributed by atoms with van der Waals surface area (Å²) in [6.45, 7) is 3.58. The van der Waals surface area contributed by atoms with Crippen LogP contribution in [0, 0.1) is 0 Å². The van der Waals surface area contributed by atoms with E-state index in [1.54, 1.807) is 0 Å². The minimum absolute atomic E-state index is 0. The molecule has 0 saturated carbocycles. The minimum atomic E-state index is -4.63. The molecule has 68 valence electrons. The normalized spacial score (nSPS) is 13.6. The van der Waals surface area contributed by atoms with E-state index < -0.39 is 16.7 Å². The van der Waals surface area contributed by atoms with Gasteiger partial charge in [0.1, 0.15) is 0 Å². The molecule has 0 rings (SSSR count). The molecular formula is C5H11LiO5S. The summed E-state index contributed by atoms with van der Waals surface area (Å²) in [7, 11) is -4.63. The molecule has 0 aromatic heterocycles. The molecule has 0 heterocycles. The predicted octanol–water partition coefficient (Wildman–Crippen LogP) is -2.76. The van der Waals surface area contributed by atoms with E-state index in [0.29, 0.717) is 6.61 Å². The number of rotatable bonds is 5. The van der Waals surface area contributed by atoms with E-state index in [0.717, 1.165) is 6.42 Å². The summed E-state index contributed by atoms with van der Waals surface area (Å²) in [5.74, 6) is 0. The van der Waals surface area contributed by atoms with E-state index in [-0.39, 0.29) is 18.9 Å². The second-order valence-electron chi connectivity index (χ2n) is 1.94. The Morgan fingerprint density at radius 1 is 1.50 bits per heavy atom. The maximum absolute atomic E-state index is 9.95. The summed E-state index contributed by atoms with van der Waals surface area (Å²) in [6, 6.07) is 0. The molecule has 1 atom stereocenters. The van der Waals surface area contributed by atoms with Crippen LogP contribution in [0.5, 0.6) is 0 Å². The molecule has 0 bridgehead atoms. The van der Waals surface area contributed by atoms with E-state index in [4.69, 9.17) is 4.74 Å². The van der Waals surface area contributed by atoms with Gasteiger partial charge in [-0.3, -0.25) is 0 Å². The smallest absolute Gasteiger partial charge is 0.725 e. The SMILES string of the molecule is CCCOC(C)OS(=O)(=O)[O-].[Li+]. The molecule has 5 nitrogen and oxygen atoms in total. The van der Waals surface area contributed by atoms with Crippen molar-refractivity contribution < 1.29 is 40.8 Å². The maximum Gasteiger partial charge on any atom is 1.00 e. The first-order valence-electron chi connectivity index (χ1n) is 3.21. The van der Waals surface area contributed by atoms with E-state index in [9.17, 15) is 13.0 Å². The summed E-state index contributed by atoms with van der Waals surface area (Å²) in [6.07, 6.45) is -0.246. The van der Waals surface area contributed by atoms with E-state index in [2.05, 4.69) is 4.18 Å². The molecule has 0 radical (unpaired) electrons. The van der Waals surface area contributed by atoms with Gasteiger partial charge in [0.05, 0.1) is 0 Å². The number of ether oxygens (including phenoxy) is 1. The molecule has 7 heteroatoms. The average Bonchev–Trinajstić information content (AvgIpc) is 1.79. The second-order valence-corrected chi connectivity index (χ2v) is 2.95.